The van der Waals surface area contributed by atoms with Crippen molar-refractivity contribution in [3.63, 3.8) is 0 Å². The summed E-state index contributed by atoms with van der Waals surface area (Å²) >= 11 is 5.09. The molecule has 0 aliphatic carbocycles. The predicted molar refractivity (Wildman–Crippen MR) is 75.3 cm³/mol. The molecule has 94 valence electrons. The predicted octanol–water partition coefficient (Wildman–Crippen LogP) is 3.18. The number of ether oxygens (including phenoxy) is 1. The van der Waals surface area contributed by atoms with E-state index in [1.54, 1.807) is 35.6 Å². The summed E-state index contributed by atoms with van der Waals surface area (Å²) in [5.41, 5.74) is 6.12. The topological polar surface area (TPSA) is 67.8 Å². The fraction of sp³-hybridized carbons (Fsp3) is 0.0833. The fourth-order valence-corrected chi connectivity index (χ4v) is 2.73. The first kappa shape index (κ1) is 12.9. The number of hydrogen-bond acceptors (Lipinski definition) is 4. The van der Waals surface area contributed by atoms with Crippen LogP contribution in [-0.2, 0) is 6.61 Å². The second kappa shape index (κ2) is 5.88. The van der Waals surface area contributed by atoms with E-state index in [-0.39, 0.29) is 5.84 Å². The van der Waals surface area contributed by atoms with Crippen molar-refractivity contribution in [3.8, 4) is 5.75 Å². The first-order valence-electron chi connectivity index (χ1n) is 5.13. The molecular formula is C12H11BrN2O2S. The van der Waals surface area contributed by atoms with E-state index >= 15 is 0 Å². The smallest absolute Gasteiger partial charge is 0.170 e. The van der Waals surface area contributed by atoms with Crippen LogP contribution in [0.5, 0.6) is 5.75 Å². The van der Waals surface area contributed by atoms with Crippen LogP contribution in [0.25, 0.3) is 0 Å². The lowest BCUT2D eigenvalue weighted by molar-refractivity contribution is 0.309. The Morgan fingerprint density at radius 1 is 1.33 bits per heavy atom. The number of halogens is 1. The Kier molecular flexibility index (Phi) is 4.22. The third-order valence-corrected chi connectivity index (χ3v) is 4.22. The number of thiophene rings is 1. The zero-order valence-corrected chi connectivity index (χ0v) is 11.7. The highest BCUT2D eigenvalue weighted by Crippen LogP contribution is 2.24. The zero-order chi connectivity index (χ0) is 13.0. The van der Waals surface area contributed by atoms with Crippen molar-refractivity contribution in [2.75, 3.05) is 0 Å². The van der Waals surface area contributed by atoms with Gasteiger partial charge in [-0.25, -0.2) is 0 Å². The lowest BCUT2D eigenvalue weighted by Crippen LogP contribution is -2.12. The van der Waals surface area contributed by atoms with Crippen molar-refractivity contribution >= 4 is 33.1 Å². The molecule has 4 nitrogen and oxygen atoms in total. The molecule has 0 fully saturated rings. The van der Waals surface area contributed by atoms with E-state index < -0.39 is 0 Å². The third-order valence-electron chi connectivity index (χ3n) is 2.32. The van der Waals surface area contributed by atoms with E-state index in [4.69, 9.17) is 15.7 Å². The van der Waals surface area contributed by atoms with Gasteiger partial charge in [0.2, 0.25) is 0 Å². The molecule has 0 radical (unpaired) electrons. The number of hydrogen-bond donors (Lipinski definition) is 2. The van der Waals surface area contributed by atoms with Gasteiger partial charge in [-0.2, -0.15) is 0 Å². The summed E-state index contributed by atoms with van der Waals surface area (Å²) in [5, 5.41) is 13.5. The molecule has 0 saturated heterocycles. The summed E-state index contributed by atoms with van der Waals surface area (Å²) in [7, 11) is 0. The molecule has 0 aliphatic rings. The van der Waals surface area contributed by atoms with Crippen molar-refractivity contribution in [3.05, 3.63) is 50.6 Å². The number of benzene rings is 1. The summed E-state index contributed by atoms with van der Waals surface area (Å²) in [6.07, 6.45) is 0. The van der Waals surface area contributed by atoms with Crippen molar-refractivity contribution in [2.45, 2.75) is 6.61 Å². The average molecular weight is 327 g/mol. The molecule has 0 unspecified atom stereocenters. The van der Waals surface area contributed by atoms with Crippen molar-refractivity contribution in [1.82, 2.24) is 0 Å². The molecule has 3 N–H and O–H groups in total. The van der Waals surface area contributed by atoms with Gasteiger partial charge in [-0.1, -0.05) is 5.16 Å². The standard InChI is InChI=1S/C12H11BrN2O2S/c13-10-5-6-18-11(10)7-17-9-3-1-8(2-4-9)12(14)15-16/h1-6,16H,7H2,(H2,14,15). The quantitative estimate of drug-likeness (QED) is 0.392. The van der Waals surface area contributed by atoms with Crippen molar-refractivity contribution in [2.24, 2.45) is 10.9 Å². The molecule has 2 aromatic rings. The minimum absolute atomic E-state index is 0.0857. The molecular weight excluding hydrogens is 316 g/mol. The first-order chi connectivity index (χ1) is 8.70. The van der Waals surface area contributed by atoms with Gasteiger partial charge in [0.15, 0.2) is 5.84 Å². The van der Waals surface area contributed by atoms with E-state index in [1.807, 2.05) is 11.4 Å². The number of oxime groups is 1. The molecule has 1 aromatic carbocycles. The zero-order valence-electron chi connectivity index (χ0n) is 9.34. The highest BCUT2D eigenvalue weighted by atomic mass is 79.9. The molecule has 1 heterocycles. The number of nitrogens with zero attached hydrogens (tertiary/aromatic N) is 1. The normalized spacial score (nSPS) is 11.5. The minimum Gasteiger partial charge on any atom is -0.488 e. The second-order valence-electron chi connectivity index (χ2n) is 3.49. The Morgan fingerprint density at radius 2 is 2.06 bits per heavy atom. The molecule has 1 aromatic heterocycles. The SMILES string of the molecule is N/C(=N\O)c1ccc(OCc2sccc2Br)cc1. The van der Waals surface area contributed by atoms with E-state index in [2.05, 4.69) is 21.1 Å². The summed E-state index contributed by atoms with van der Waals surface area (Å²) in [6.45, 7) is 0.515. The summed E-state index contributed by atoms with van der Waals surface area (Å²) in [5.74, 6) is 0.826. The first-order valence-corrected chi connectivity index (χ1v) is 6.80. The number of rotatable bonds is 4. The maximum atomic E-state index is 8.54. The Morgan fingerprint density at radius 3 is 2.61 bits per heavy atom. The highest BCUT2D eigenvalue weighted by molar-refractivity contribution is 9.10. The molecule has 0 atom stereocenters. The molecule has 0 amide bonds. The van der Waals surface area contributed by atoms with Gasteiger partial charge >= 0.3 is 0 Å². The van der Waals surface area contributed by atoms with Gasteiger partial charge in [0.25, 0.3) is 0 Å². The lowest BCUT2D eigenvalue weighted by atomic mass is 10.2. The van der Waals surface area contributed by atoms with Crippen molar-refractivity contribution < 1.29 is 9.94 Å². The van der Waals surface area contributed by atoms with Crippen LogP contribution >= 0.6 is 27.3 Å². The Balaban J connectivity index is 2.01. The van der Waals surface area contributed by atoms with Crippen LogP contribution in [0, 0.1) is 0 Å². The highest BCUT2D eigenvalue weighted by Gasteiger charge is 2.03. The van der Waals surface area contributed by atoms with Gasteiger partial charge in [0, 0.05) is 10.0 Å². The molecule has 2 rings (SSSR count). The molecule has 6 heteroatoms. The third kappa shape index (κ3) is 3.02. The van der Waals surface area contributed by atoms with Gasteiger partial charge in [0.05, 0.1) is 4.88 Å². The van der Waals surface area contributed by atoms with Gasteiger partial charge < -0.3 is 15.7 Å². The Labute approximate surface area is 117 Å². The minimum atomic E-state index is 0.0857. The van der Waals surface area contributed by atoms with Gasteiger partial charge in [-0.15, -0.1) is 11.3 Å². The number of amidine groups is 1. The summed E-state index contributed by atoms with van der Waals surface area (Å²) in [4.78, 5) is 1.13. The molecule has 0 bridgehead atoms. The van der Waals surface area contributed by atoms with Gasteiger partial charge in [0.1, 0.15) is 12.4 Å². The monoisotopic (exact) mass is 326 g/mol. The van der Waals surface area contributed by atoms with E-state index in [9.17, 15) is 0 Å². The summed E-state index contributed by atoms with van der Waals surface area (Å²) in [6, 6.07) is 9.05. The molecule has 0 spiro atoms. The number of nitrogens with two attached hydrogens (primary N) is 1. The Hall–Kier alpha value is -1.53. The summed E-state index contributed by atoms with van der Waals surface area (Å²) < 4.78 is 6.69. The molecule has 0 saturated carbocycles. The van der Waals surface area contributed by atoms with Crippen LogP contribution < -0.4 is 10.5 Å². The second-order valence-corrected chi connectivity index (χ2v) is 5.35. The van der Waals surface area contributed by atoms with Crippen LogP contribution in [0.2, 0.25) is 0 Å². The lowest BCUT2D eigenvalue weighted by Gasteiger charge is -2.06. The fourth-order valence-electron chi connectivity index (χ4n) is 1.36. The van der Waals surface area contributed by atoms with Crippen LogP contribution in [0.15, 0.2) is 45.3 Å². The molecule has 18 heavy (non-hydrogen) atoms. The van der Waals surface area contributed by atoms with Crippen LogP contribution in [-0.4, -0.2) is 11.0 Å². The van der Waals surface area contributed by atoms with E-state index in [0.29, 0.717) is 12.2 Å². The average Bonchev–Trinajstić information content (AvgIpc) is 2.81. The maximum Gasteiger partial charge on any atom is 0.170 e. The molecule has 0 aliphatic heterocycles. The van der Waals surface area contributed by atoms with Crippen molar-refractivity contribution in [1.29, 1.82) is 0 Å². The van der Waals surface area contributed by atoms with Crippen LogP contribution in [0.4, 0.5) is 0 Å². The van der Waals surface area contributed by atoms with Crippen LogP contribution in [0.1, 0.15) is 10.4 Å². The van der Waals surface area contributed by atoms with Gasteiger partial charge in [-0.3, -0.25) is 0 Å². The maximum absolute atomic E-state index is 8.54. The largest absolute Gasteiger partial charge is 0.488 e. The van der Waals surface area contributed by atoms with E-state index in [0.717, 1.165) is 15.1 Å². The van der Waals surface area contributed by atoms with Crippen LogP contribution in [0.3, 0.4) is 0 Å². The Bertz CT molecular complexity index is 551. The van der Waals surface area contributed by atoms with E-state index in [1.165, 1.54) is 0 Å². The van der Waals surface area contributed by atoms with Gasteiger partial charge in [-0.05, 0) is 51.6 Å².